The monoisotopic (exact) mass is 329 g/mol. The standard InChI is InChI=1S/C24H27N/c1-2-3-17-25-23-15-9-7-13-20(23)22(18-19-11-5-4-6-12-19)21-14-8-10-16-24(21)25/h4-7,10-13,16,18H,2-3,8-9,14-15,17H2,1H3/b22-18-. The van der Waals surface area contributed by atoms with Crippen LogP contribution in [0.15, 0.2) is 82.7 Å². The van der Waals surface area contributed by atoms with Crippen LogP contribution in [0.2, 0.25) is 0 Å². The van der Waals surface area contributed by atoms with Crippen molar-refractivity contribution in [1.29, 1.82) is 0 Å². The Hall–Kier alpha value is -2.28. The van der Waals surface area contributed by atoms with E-state index < -0.39 is 0 Å². The van der Waals surface area contributed by atoms with Crippen molar-refractivity contribution in [3.8, 4) is 0 Å². The van der Waals surface area contributed by atoms with Crippen LogP contribution in [0, 0.1) is 0 Å². The van der Waals surface area contributed by atoms with Gasteiger partial charge in [0.1, 0.15) is 0 Å². The van der Waals surface area contributed by atoms with Crippen LogP contribution >= 0.6 is 0 Å². The first kappa shape index (κ1) is 16.2. The van der Waals surface area contributed by atoms with Gasteiger partial charge >= 0.3 is 0 Å². The van der Waals surface area contributed by atoms with Crippen molar-refractivity contribution in [3.05, 3.63) is 88.3 Å². The highest BCUT2D eigenvalue weighted by atomic mass is 15.2. The van der Waals surface area contributed by atoms with Crippen molar-refractivity contribution in [2.75, 3.05) is 6.54 Å². The SMILES string of the molecule is CCCCN1C2=C(CCC=C2)/C(=C\c2ccccc2)C2=C1CCC=C2. The molecule has 4 rings (SSSR count). The van der Waals surface area contributed by atoms with E-state index in [1.165, 1.54) is 46.5 Å². The Labute approximate surface area is 151 Å². The summed E-state index contributed by atoms with van der Waals surface area (Å²) in [6.07, 6.45) is 19.0. The summed E-state index contributed by atoms with van der Waals surface area (Å²) in [4.78, 5) is 2.62. The van der Waals surface area contributed by atoms with E-state index in [-0.39, 0.29) is 0 Å². The van der Waals surface area contributed by atoms with E-state index >= 15 is 0 Å². The summed E-state index contributed by atoms with van der Waals surface area (Å²) in [5.41, 5.74) is 8.73. The van der Waals surface area contributed by atoms with Gasteiger partial charge in [-0.25, -0.2) is 0 Å². The third-order valence-electron chi connectivity index (χ3n) is 5.37. The van der Waals surface area contributed by atoms with E-state index in [0.29, 0.717) is 0 Å². The van der Waals surface area contributed by atoms with Crippen molar-refractivity contribution in [2.24, 2.45) is 0 Å². The molecule has 0 N–H and O–H groups in total. The number of hydrogen-bond acceptors (Lipinski definition) is 1. The number of benzene rings is 1. The molecule has 0 fully saturated rings. The lowest BCUT2D eigenvalue weighted by atomic mass is 9.81. The zero-order chi connectivity index (χ0) is 17.1. The molecule has 0 aromatic heterocycles. The van der Waals surface area contributed by atoms with Crippen LogP contribution in [0.4, 0.5) is 0 Å². The molecule has 0 atom stereocenters. The Morgan fingerprint density at radius 2 is 1.80 bits per heavy atom. The Morgan fingerprint density at radius 1 is 1.00 bits per heavy atom. The summed E-state index contributed by atoms with van der Waals surface area (Å²) >= 11 is 0. The molecule has 128 valence electrons. The Morgan fingerprint density at radius 3 is 2.64 bits per heavy atom. The smallest absolute Gasteiger partial charge is 0.0444 e. The third kappa shape index (κ3) is 3.16. The summed E-state index contributed by atoms with van der Waals surface area (Å²) in [6.45, 7) is 3.43. The van der Waals surface area contributed by atoms with Gasteiger partial charge < -0.3 is 4.90 Å². The first-order chi connectivity index (χ1) is 12.4. The topological polar surface area (TPSA) is 3.24 Å². The van der Waals surface area contributed by atoms with Crippen molar-refractivity contribution < 1.29 is 0 Å². The summed E-state index contributed by atoms with van der Waals surface area (Å²) in [7, 11) is 0. The first-order valence-corrected chi connectivity index (χ1v) is 9.73. The molecule has 1 heteroatoms. The van der Waals surface area contributed by atoms with Gasteiger partial charge in [0, 0.05) is 23.5 Å². The van der Waals surface area contributed by atoms with Crippen molar-refractivity contribution in [3.63, 3.8) is 0 Å². The average Bonchev–Trinajstić information content (AvgIpc) is 2.68. The quantitative estimate of drug-likeness (QED) is 0.618. The second kappa shape index (κ2) is 7.31. The fourth-order valence-corrected chi connectivity index (χ4v) is 4.11. The van der Waals surface area contributed by atoms with E-state index in [1.807, 2.05) is 0 Å². The predicted octanol–water partition coefficient (Wildman–Crippen LogP) is 6.39. The molecule has 0 saturated heterocycles. The minimum absolute atomic E-state index is 1.14. The predicted molar refractivity (Wildman–Crippen MR) is 107 cm³/mol. The van der Waals surface area contributed by atoms with Gasteiger partial charge in [0.2, 0.25) is 0 Å². The van der Waals surface area contributed by atoms with Gasteiger partial charge in [0.15, 0.2) is 0 Å². The zero-order valence-corrected chi connectivity index (χ0v) is 15.2. The van der Waals surface area contributed by atoms with E-state index in [2.05, 4.69) is 72.5 Å². The fraction of sp³-hybridized carbons (Fsp3) is 0.333. The second-order valence-electron chi connectivity index (χ2n) is 7.08. The lowest BCUT2D eigenvalue weighted by Crippen LogP contribution is -2.31. The van der Waals surface area contributed by atoms with Crippen molar-refractivity contribution in [2.45, 2.75) is 45.4 Å². The van der Waals surface area contributed by atoms with E-state index in [1.54, 1.807) is 0 Å². The third-order valence-corrected chi connectivity index (χ3v) is 5.37. The van der Waals surface area contributed by atoms with Gasteiger partial charge in [0.25, 0.3) is 0 Å². The average molecular weight is 329 g/mol. The van der Waals surface area contributed by atoms with Crippen molar-refractivity contribution in [1.82, 2.24) is 4.90 Å². The molecule has 1 nitrogen and oxygen atoms in total. The Balaban J connectivity index is 1.85. The number of rotatable bonds is 4. The van der Waals surface area contributed by atoms with Gasteiger partial charge in [-0.1, -0.05) is 61.9 Å². The van der Waals surface area contributed by atoms with Crippen LogP contribution in [0.25, 0.3) is 6.08 Å². The lowest BCUT2D eigenvalue weighted by Gasteiger charge is -2.40. The van der Waals surface area contributed by atoms with Gasteiger partial charge in [-0.15, -0.1) is 0 Å². The maximum Gasteiger partial charge on any atom is 0.0444 e. The molecule has 25 heavy (non-hydrogen) atoms. The first-order valence-electron chi connectivity index (χ1n) is 9.73. The second-order valence-corrected chi connectivity index (χ2v) is 7.08. The molecule has 1 aliphatic heterocycles. The highest BCUT2D eigenvalue weighted by molar-refractivity contribution is 5.72. The van der Waals surface area contributed by atoms with Crippen LogP contribution in [0.1, 0.15) is 51.0 Å². The number of allylic oxidation sites excluding steroid dienone is 8. The van der Waals surface area contributed by atoms with Crippen LogP contribution < -0.4 is 0 Å². The number of nitrogens with zero attached hydrogens (tertiary/aromatic N) is 1. The van der Waals surface area contributed by atoms with Crippen LogP contribution in [-0.2, 0) is 0 Å². The summed E-state index contributed by atoms with van der Waals surface area (Å²) in [6, 6.07) is 10.8. The molecule has 0 saturated carbocycles. The largest absolute Gasteiger partial charge is 0.344 e. The molecular weight excluding hydrogens is 302 g/mol. The molecule has 0 amide bonds. The molecule has 0 unspecified atom stereocenters. The zero-order valence-electron chi connectivity index (χ0n) is 15.2. The Bertz CT molecular complexity index is 787. The molecule has 3 aliphatic rings. The Kier molecular flexibility index (Phi) is 4.74. The summed E-state index contributed by atoms with van der Waals surface area (Å²) in [5.74, 6) is 0. The van der Waals surface area contributed by atoms with Crippen molar-refractivity contribution >= 4 is 6.08 Å². The van der Waals surface area contributed by atoms with E-state index in [9.17, 15) is 0 Å². The summed E-state index contributed by atoms with van der Waals surface area (Å²) in [5, 5.41) is 0. The van der Waals surface area contributed by atoms with E-state index in [4.69, 9.17) is 0 Å². The maximum absolute atomic E-state index is 2.62. The number of hydrogen-bond donors (Lipinski definition) is 0. The highest BCUT2D eigenvalue weighted by Gasteiger charge is 2.30. The van der Waals surface area contributed by atoms with E-state index in [0.717, 1.165) is 32.2 Å². The minimum atomic E-state index is 1.14. The molecule has 0 spiro atoms. The maximum atomic E-state index is 2.62. The molecule has 0 radical (unpaired) electrons. The van der Waals surface area contributed by atoms with Gasteiger partial charge in [0.05, 0.1) is 0 Å². The summed E-state index contributed by atoms with van der Waals surface area (Å²) < 4.78 is 0. The molecule has 0 bridgehead atoms. The lowest BCUT2D eigenvalue weighted by molar-refractivity contribution is 0.394. The van der Waals surface area contributed by atoms with Gasteiger partial charge in [-0.2, -0.15) is 0 Å². The van der Waals surface area contributed by atoms with Crippen LogP contribution in [-0.4, -0.2) is 11.4 Å². The molecule has 2 aliphatic carbocycles. The normalized spacial score (nSPS) is 21.0. The van der Waals surface area contributed by atoms with Gasteiger partial charge in [-0.3, -0.25) is 0 Å². The molecule has 1 heterocycles. The van der Waals surface area contributed by atoms with Gasteiger partial charge in [-0.05, 0) is 61.0 Å². The fourth-order valence-electron chi connectivity index (χ4n) is 4.11. The number of unbranched alkanes of at least 4 members (excludes halogenated alkanes) is 1. The van der Waals surface area contributed by atoms with Crippen LogP contribution in [0.3, 0.4) is 0 Å². The minimum Gasteiger partial charge on any atom is -0.344 e. The van der Waals surface area contributed by atoms with Crippen LogP contribution in [0.5, 0.6) is 0 Å². The molecular formula is C24H27N. The molecule has 1 aromatic rings. The highest BCUT2D eigenvalue weighted by Crippen LogP contribution is 2.43. The molecule has 1 aromatic carbocycles.